The monoisotopic (exact) mass is 227 g/mol. The van der Waals surface area contributed by atoms with Crippen molar-refractivity contribution in [2.24, 2.45) is 5.92 Å². The number of likely N-dealkylation sites (tertiary alicyclic amines) is 1. The van der Waals surface area contributed by atoms with Crippen LogP contribution in [0.1, 0.15) is 12.8 Å². The Kier molecular flexibility index (Phi) is 3.48. The van der Waals surface area contributed by atoms with Crippen LogP contribution in [-0.4, -0.2) is 53.4 Å². The van der Waals surface area contributed by atoms with Gasteiger partial charge in [0.2, 0.25) is 5.13 Å². The number of piperidine rings is 1. The van der Waals surface area contributed by atoms with Crippen molar-refractivity contribution >= 4 is 16.7 Å². The molecule has 1 aromatic heterocycles. The second kappa shape index (κ2) is 4.85. The lowest BCUT2D eigenvalue weighted by atomic mass is 9.98. The smallest absolute Gasteiger partial charge is 0.227 e. The van der Waals surface area contributed by atoms with Crippen LogP contribution in [0.5, 0.6) is 0 Å². The van der Waals surface area contributed by atoms with Gasteiger partial charge in [0.05, 0.1) is 0 Å². The largest absolute Gasteiger partial charge is 0.348 e. The molecule has 0 amide bonds. The predicted molar refractivity (Wildman–Crippen MR) is 61.2 cm³/mol. The summed E-state index contributed by atoms with van der Waals surface area (Å²) in [4.78, 5) is 4.56. The molecule has 1 aliphatic heterocycles. The van der Waals surface area contributed by atoms with Crippen LogP contribution >= 0.6 is 11.5 Å². The van der Waals surface area contributed by atoms with Gasteiger partial charge in [-0.15, -0.1) is 0 Å². The summed E-state index contributed by atoms with van der Waals surface area (Å²) in [5, 5.41) is 8.51. The molecular formula is C9H17N5S. The van der Waals surface area contributed by atoms with E-state index in [0.717, 1.165) is 17.6 Å². The number of anilines is 1. The Morgan fingerprint density at radius 3 is 3.13 bits per heavy atom. The highest BCUT2D eigenvalue weighted by molar-refractivity contribution is 7.09. The van der Waals surface area contributed by atoms with E-state index in [0.29, 0.717) is 0 Å². The van der Waals surface area contributed by atoms with E-state index in [1.54, 1.807) is 0 Å². The van der Waals surface area contributed by atoms with Gasteiger partial charge < -0.3 is 9.80 Å². The Balaban J connectivity index is 1.86. The van der Waals surface area contributed by atoms with Gasteiger partial charge >= 0.3 is 0 Å². The Morgan fingerprint density at radius 1 is 1.60 bits per heavy atom. The maximum atomic E-state index is 3.97. The summed E-state index contributed by atoms with van der Waals surface area (Å²) in [6.45, 7) is 3.48. The third kappa shape index (κ3) is 2.85. The van der Waals surface area contributed by atoms with Gasteiger partial charge in [-0.25, -0.2) is 0 Å². The molecule has 0 aliphatic carbocycles. The predicted octanol–water partition coefficient (Wildman–Crippen LogP) is 0.711. The van der Waals surface area contributed by atoms with Crippen LogP contribution in [0.4, 0.5) is 5.13 Å². The van der Waals surface area contributed by atoms with Crippen LogP contribution < -0.4 is 4.90 Å². The van der Waals surface area contributed by atoms with Gasteiger partial charge in [0.15, 0.2) is 0 Å². The molecule has 2 heterocycles. The molecule has 6 heteroatoms. The minimum atomic E-state index is 0.748. The van der Waals surface area contributed by atoms with Crippen molar-refractivity contribution in [1.29, 1.82) is 0 Å². The summed E-state index contributed by atoms with van der Waals surface area (Å²) < 4.78 is 3.78. The normalized spacial score (nSPS) is 22.9. The fraction of sp³-hybridized carbons (Fsp3) is 0.889. The molecular weight excluding hydrogens is 210 g/mol. The number of aromatic nitrogens is 3. The highest BCUT2D eigenvalue weighted by Gasteiger charge is 2.19. The van der Waals surface area contributed by atoms with E-state index in [1.807, 2.05) is 0 Å². The maximum Gasteiger partial charge on any atom is 0.227 e. The maximum absolute atomic E-state index is 3.97. The summed E-state index contributed by atoms with van der Waals surface area (Å²) in [7, 11) is 4.26. The van der Waals surface area contributed by atoms with Crippen molar-refractivity contribution in [2.45, 2.75) is 12.8 Å². The van der Waals surface area contributed by atoms with Crippen molar-refractivity contribution in [3.05, 3.63) is 0 Å². The quantitative estimate of drug-likeness (QED) is 0.761. The van der Waals surface area contributed by atoms with Gasteiger partial charge in [0.1, 0.15) is 0 Å². The average molecular weight is 227 g/mol. The third-order valence-electron chi connectivity index (χ3n) is 2.87. The molecule has 1 aromatic rings. The second-order valence-electron chi connectivity index (χ2n) is 4.30. The van der Waals surface area contributed by atoms with Crippen LogP contribution in [0.2, 0.25) is 0 Å². The minimum Gasteiger partial charge on any atom is -0.348 e. The molecule has 15 heavy (non-hydrogen) atoms. The first-order chi connectivity index (χ1) is 7.25. The summed E-state index contributed by atoms with van der Waals surface area (Å²) >= 11 is 1.36. The highest BCUT2D eigenvalue weighted by atomic mass is 32.1. The molecule has 1 saturated heterocycles. The van der Waals surface area contributed by atoms with E-state index in [9.17, 15) is 0 Å². The summed E-state index contributed by atoms with van der Waals surface area (Å²) in [5.74, 6) is 0.748. The van der Waals surface area contributed by atoms with E-state index in [2.05, 4.69) is 38.7 Å². The van der Waals surface area contributed by atoms with Crippen LogP contribution in [0.25, 0.3) is 0 Å². The topological polar surface area (TPSA) is 45.2 Å². The van der Waals surface area contributed by atoms with Gasteiger partial charge in [-0.1, -0.05) is 9.59 Å². The lowest BCUT2D eigenvalue weighted by molar-refractivity contribution is 0.213. The molecule has 0 aromatic carbocycles. The Labute approximate surface area is 94.2 Å². The van der Waals surface area contributed by atoms with E-state index >= 15 is 0 Å². The number of nitrogens with zero attached hydrogens (tertiary/aromatic N) is 5. The van der Waals surface area contributed by atoms with Gasteiger partial charge in [-0.2, -0.15) is 0 Å². The van der Waals surface area contributed by atoms with E-state index < -0.39 is 0 Å². The molecule has 2 rings (SSSR count). The molecule has 5 nitrogen and oxygen atoms in total. The minimum absolute atomic E-state index is 0.748. The fourth-order valence-electron chi connectivity index (χ4n) is 2.16. The SMILES string of the molecule is CN1CCCC(CN(C)c2nnns2)C1. The van der Waals surface area contributed by atoms with Crippen molar-refractivity contribution in [2.75, 3.05) is 38.6 Å². The molecule has 0 bridgehead atoms. The van der Waals surface area contributed by atoms with Gasteiger partial charge in [0.25, 0.3) is 0 Å². The van der Waals surface area contributed by atoms with Crippen LogP contribution in [-0.2, 0) is 0 Å². The standard InChI is InChI=1S/C9H17N5S/c1-13-5-3-4-8(6-13)7-14(2)9-10-11-12-15-9/h8H,3-7H2,1-2H3. The average Bonchev–Trinajstić information content (AvgIpc) is 2.70. The molecule has 0 N–H and O–H groups in total. The molecule has 0 saturated carbocycles. The van der Waals surface area contributed by atoms with E-state index in [4.69, 9.17) is 0 Å². The zero-order valence-electron chi connectivity index (χ0n) is 9.26. The van der Waals surface area contributed by atoms with Crippen molar-refractivity contribution in [3.63, 3.8) is 0 Å². The zero-order chi connectivity index (χ0) is 10.7. The lowest BCUT2D eigenvalue weighted by Gasteiger charge is -2.31. The third-order valence-corrected chi connectivity index (χ3v) is 3.58. The summed E-state index contributed by atoms with van der Waals surface area (Å²) in [6, 6.07) is 0. The van der Waals surface area contributed by atoms with Crippen molar-refractivity contribution < 1.29 is 0 Å². The van der Waals surface area contributed by atoms with Crippen LogP contribution in [0.15, 0.2) is 0 Å². The molecule has 1 atom stereocenters. The number of hydrogen-bond donors (Lipinski definition) is 0. The van der Waals surface area contributed by atoms with Crippen LogP contribution in [0.3, 0.4) is 0 Å². The second-order valence-corrected chi connectivity index (χ2v) is 5.01. The first kappa shape index (κ1) is 10.8. The molecule has 0 radical (unpaired) electrons. The first-order valence-corrected chi connectivity index (χ1v) is 6.08. The highest BCUT2D eigenvalue weighted by Crippen LogP contribution is 2.19. The Bertz CT molecular complexity index is 289. The van der Waals surface area contributed by atoms with E-state index in [1.165, 1.54) is 37.5 Å². The first-order valence-electron chi connectivity index (χ1n) is 5.30. The zero-order valence-corrected chi connectivity index (χ0v) is 10.1. The number of rotatable bonds is 3. The molecule has 1 unspecified atom stereocenters. The molecule has 1 fully saturated rings. The van der Waals surface area contributed by atoms with Crippen LogP contribution in [0, 0.1) is 5.92 Å². The Hall–Kier alpha value is -0.750. The Morgan fingerprint density at radius 2 is 2.47 bits per heavy atom. The molecule has 1 aliphatic rings. The van der Waals surface area contributed by atoms with Gasteiger partial charge in [0, 0.05) is 31.7 Å². The lowest BCUT2D eigenvalue weighted by Crippen LogP contribution is -2.38. The molecule has 0 spiro atoms. The van der Waals surface area contributed by atoms with Gasteiger partial charge in [-0.3, -0.25) is 0 Å². The molecule has 84 valence electrons. The number of hydrogen-bond acceptors (Lipinski definition) is 6. The summed E-state index contributed by atoms with van der Waals surface area (Å²) in [5.41, 5.74) is 0. The van der Waals surface area contributed by atoms with Crippen molar-refractivity contribution in [1.82, 2.24) is 19.7 Å². The van der Waals surface area contributed by atoms with Gasteiger partial charge in [-0.05, 0) is 37.6 Å². The van der Waals surface area contributed by atoms with E-state index in [-0.39, 0.29) is 0 Å². The fourth-order valence-corrected chi connectivity index (χ4v) is 2.60. The summed E-state index contributed by atoms with van der Waals surface area (Å²) in [6.07, 6.45) is 2.63. The van der Waals surface area contributed by atoms with Crippen molar-refractivity contribution in [3.8, 4) is 0 Å².